The number of thioether (sulfide) groups is 1. The largest absolute Gasteiger partial charge is 0.477 e. The van der Waals surface area contributed by atoms with Gasteiger partial charge in [0, 0.05) is 35.4 Å². The summed E-state index contributed by atoms with van der Waals surface area (Å²) in [5.41, 5.74) is 13.0. The predicted octanol–water partition coefficient (Wildman–Crippen LogP) is -1.74. The Balaban J connectivity index is 1.37. The highest BCUT2D eigenvalue weighted by Gasteiger charge is 2.54. The van der Waals surface area contributed by atoms with Crippen LogP contribution in [-0.2, 0) is 32.3 Å². The number of aromatic nitrogens is 5. The van der Waals surface area contributed by atoms with Crippen LogP contribution >= 0.6 is 23.3 Å². The lowest BCUT2D eigenvalue weighted by molar-refractivity contribution is -0.664. The number of hydrogen-bond donors (Lipinski definition) is 5. The van der Waals surface area contributed by atoms with Gasteiger partial charge in [0.1, 0.15) is 35.8 Å². The van der Waals surface area contributed by atoms with Crippen molar-refractivity contribution in [3.63, 3.8) is 0 Å². The van der Waals surface area contributed by atoms with Gasteiger partial charge in [-0.25, -0.2) is 9.36 Å². The zero-order valence-corrected chi connectivity index (χ0v) is 23.3. The minimum Gasteiger partial charge on any atom is -0.477 e. The first kappa shape index (κ1) is 28.4. The summed E-state index contributed by atoms with van der Waals surface area (Å²) in [6, 6.07) is 2.20. The predicted molar refractivity (Wildman–Crippen MR) is 147 cm³/mol. The molecule has 0 saturated carbocycles. The van der Waals surface area contributed by atoms with Crippen molar-refractivity contribution >= 4 is 63.1 Å². The molecule has 1 fully saturated rings. The van der Waals surface area contributed by atoms with Gasteiger partial charge in [-0.15, -0.1) is 11.8 Å². The quantitative estimate of drug-likeness (QED) is 0.0712. The van der Waals surface area contributed by atoms with E-state index in [2.05, 4.69) is 24.8 Å². The van der Waals surface area contributed by atoms with E-state index in [0.29, 0.717) is 23.5 Å². The number of nitrogen functional groups attached to an aromatic ring is 1. The molecule has 216 valence electrons. The van der Waals surface area contributed by atoms with Crippen molar-refractivity contribution in [1.82, 2.24) is 29.1 Å². The Labute approximate surface area is 240 Å². The highest BCUT2D eigenvalue weighted by atomic mass is 32.2. The van der Waals surface area contributed by atoms with Crippen molar-refractivity contribution in [2.45, 2.75) is 37.5 Å². The highest BCUT2D eigenvalue weighted by molar-refractivity contribution is 8.00. The van der Waals surface area contributed by atoms with Crippen molar-refractivity contribution in [1.29, 1.82) is 0 Å². The molecular formula is C23H27N10O6S2+. The third kappa shape index (κ3) is 5.45. The lowest BCUT2D eigenvalue weighted by Crippen LogP contribution is -2.71. The van der Waals surface area contributed by atoms with Crippen LogP contribution in [0.1, 0.15) is 12.7 Å². The van der Waals surface area contributed by atoms with Gasteiger partial charge in [-0.05, 0) is 24.0 Å². The molecule has 7 N–H and O–H groups in total. The van der Waals surface area contributed by atoms with Crippen LogP contribution < -0.4 is 21.4 Å². The van der Waals surface area contributed by atoms with Crippen LogP contribution in [0, 0.1) is 0 Å². The molecule has 0 radical (unpaired) electrons. The summed E-state index contributed by atoms with van der Waals surface area (Å²) < 4.78 is 7.60. The Morgan fingerprint density at radius 1 is 1.41 bits per heavy atom. The second-order valence-electron chi connectivity index (χ2n) is 9.12. The number of carboxylic acid groups (broad SMARTS) is 1. The lowest BCUT2D eigenvalue weighted by Gasteiger charge is -2.49. The molecule has 0 bridgehead atoms. The van der Waals surface area contributed by atoms with Gasteiger partial charge >= 0.3 is 11.6 Å². The van der Waals surface area contributed by atoms with Crippen LogP contribution in [-0.4, -0.2) is 93.9 Å². The Hall–Kier alpha value is -4.13. The zero-order chi connectivity index (χ0) is 29.3. The number of oxime groups is 1. The minimum absolute atomic E-state index is 0.0428. The molecule has 1 saturated heterocycles. The smallest absolute Gasteiger partial charge is 0.352 e. The summed E-state index contributed by atoms with van der Waals surface area (Å²) in [4.78, 5) is 53.2. The average Bonchev–Trinajstić information content (AvgIpc) is 3.58. The Morgan fingerprint density at radius 3 is 2.90 bits per heavy atom. The Morgan fingerprint density at radius 2 is 2.22 bits per heavy atom. The van der Waals surface area contributed by atoms with E-state index in [1.54, 1.807) is 30.1 Å². The van der Waals surface area contributed by atoms with Gasteiger partial charge < -0.3 is 36.4 Å². The van der Waals surface area contributed by atoms with Crippen LogP contribution in [0.15, 0.2) is 41.1 Å². The minimum atomic E-state index is -1.25. The number of carbonyl (C=O) groups is 3. The number of carbonyl (C=O) groups excluding carboxylic acids is 2. The molecule has 18 heteroatoms. The van der Waals surface area contributed by atoms with Crippen molar-refractivity contribution in [2.24, 2.45) is 10.9 Å². The fourth-order valence-corrected chi connectivity index (χ4v) is 6.30. The number of amides is 2. The van der Waals surface area contributed by atoms with Gasteiger partial charge in [0.25, 0.3) is 11.8 Å². The number of anilines is 1. The molecule has 3 atom stereocenters. The number of rotatable bonds is 11. The van der Waals surface area contributed by atoms with Gasteiger partial charge in [0.15, 0.2) is 5.13 Å². The van der Waals surface area contributed by atoms with Crippen molar-refractivity contribution < 1.29 is 34.0 Å². The van der Waals surface area contributed by atoms with Crippen molar-refractivity contribution in [3.8, 4) is 0 Å². The van der Waals surface area contributed by atoms with Crippen molar-refractivity contribution in [2.75, 3.05) is 24.7 Å². The van der Waals surface area contributed by atoms with E-state index in [1.807, 2.05) is 10.6 Å². The molecule has 3 aromatic heterocycles. The summed E-state index contributed by atoms with van der Waals surface area (Å²) in [7, 11) is 0. The van der Waals surface area contributed by atoms with E-state index in [1.165, 1.54) is 16.7 Å². The summed E-state index contributed by atoms with van der Waals surface area (Å²) in [5.74, 6) is -2.32. The van der Waals surface area contributed by atoms with Crippen molar-refractivity contribution in [3.05, 3.63) is 41.8 Å². The number of carboxylic acids is 1. The number of aliphatic hydroxyl groups is 1. The summed E-state index contributed by atoms with van der Waals surface area (Å²) >= 11 is 2.21. The normalized spacial score (nSPS) is 19.6. The van der Waals surface area contributed by atoms with Crippen LogP contribution in [0.4, 0.5) is 5.13 Å². The summed E-state index contributed by atoms with van der Waals surface area (Å²) in [6.45, 7) is 2.22. The molecule has 0 spiro atoms. The SMILES string of the molecule is CCON=C(C(=O)NC1C(=O)N2C(C(=O)O)=C(C[n+]3cccc4c3ncn4CC(N)CO)CSC12)c1nsc(N)n1. The molecule has 0 aliphatic carbocycles. The second-order valence-corrected chi connectivity index (χ2v) is 11.0. The molecule has 41 heavy (non-hydrogen) atoms. The van der Waals surface area contributed by atoms with Gasteiger partial charge in [-0.2, -0.15) is 9.36 Å². The van der Waals surface area contributed by atoms with Gasteiger partial charge in [-0.3, -0.25) is 14.5 Å². The zero-order valence-electron chi connectivity index (χ0n) is 21.7. The third-order valence-electron chi connectivity index (χ3n) is 6.37. The fraction of sp³-hybridized carbons (Fsp3) is 0.391. The molecule has 5 heterocycles. The molecule has 2 aliphatic heterocycles. The summed E-state index contributed by atoms with van der Waals surface area (Å²) in [5, 5.41) is 25.3. The van der Waals surface area contributed by atoms with Gasteiger partial charge in [0.05, 0.1) is 12.8 Å². The van der Waals surface area contributed by atoms with Crippen LogP contribution in [0.3, 0.4) is 0 Å². The number of pyridine rings is 1. The molecule has 0 aromatic carbocycles. The number of nitrogens with one attached hydrogen (secondary N) is 1. The third-order valence-corrected chi connectivity index (χ3v) is 8.25. The Kier molecular flexibility index (Phi) is 8.15. The molecule has 3 unspecified atom stereocenters. The van der Waals surface area contributed by atoms with E-state index >= 15 is 0 Å². The van der Waals surface area contributed by atoms with Crippen LogP contribution in [0.5, 0.6) is 0 Å². The number of fused-ring (bicyclic) bond motifs is 2. The van der Waals surface area contributed by atoms with E-state index in [4.69, 9.17) is 16.3 Å². The molecular weight excluding hydrogens is 576 g/mol. The molecule has 16 nitrogen and oxygen atoms in total. The molecule has 3 aromatic rings. The second kappa shape index (κ2) is 11.8. The highest BCUT2D eigenvalue weighted by Crippen LogP contribution is 2.40. The summed E-state index contributed by atoms with van der Waals surface area (Å²) in [6.07, 6.45) is 3.38. The van der Waals surface area contributed by atoms with Gasteiger partial charge in [-0.1, -0.05) is 5.16 Å². The molecule has 5 rings (SSSR count). The molecule has 2 aliphatic rings. The first-order valence-electron chi connectivity index (χ1n) is 12.4. The number of aliphatic carboxylic acids is 1. The number of nitrogens with zero attached hydrogens (tertiary/aromatic N) is 7. The fourth-order valence-electron chi connectivity index (χ4n) is 4.53. The Bertz CT molecular complexity index is 1570. The topological polar surface area (TPSA) is 228 Å². The lowest BCUT2D eigenvalue weighted by atomic mass is 10.0. The number of imidazole rings is 1. The number of hydrogen-bond acceptors (Lipinski definition) is 13. The average molecular weight is 604 g/mol. The van der Waals surface area contributed by atoms with Crippen LogP contribution in [0.2, 0.25) is 0 Å². The monoisotopic (exact) mass is 603 g/mol. The standard InChI is InChI=1S/C23H26N10O6S2/c1-2-39-29-14(17-28-23(25)41-30-17)19(35)27-15-20(36)33-16(22(37)38)11(9-40-21(15)33)6-31-5-3-4-13-18(31)26-10-32(13)7-12(24)8-34/h3-5,10,12,15,21,34H,2,6-9,24H2,1H3,(H3-,25,27,28,30,35,37,38)/p+1. The maximum atomic E-state index is 13.2. The van der Waals surface area contributed by atoms with Gasteiger partial charge in [0.2, 0.25) is 17.9 Å². The maximum absolute atomic E-state index is 13.2. The first-order chi connectivity index (χ1) is 19.7. The first-order valence-corrected chi connectivity index (χ1v) is 14.3. The maximum Gasteiger partial charge on any atom is 0.352 e. The number of nitrogens with two attached hydrogens (primary N) is 2. The van der Waals surface area contributed by atoms with E-state index in [-0.39, 0.29) is 42.1 Å². The van der Waals surface area contributed by atoms with E-state index in [0.717, 1.165) is 17.0 Å². The van der Waals surface area contributed by atoms with E-state index in [9.17, 15) is 24.6 Å². The number of aliphatic hydroxyl groups excluding tert-OH is 1. The van der Waals surface area contributed by atoms with Crippen LogP contribution in [0.25, 0.3) is 11.2 Å². The number of β-lactam (4-membered cyclic amide) rings is 1. The molecule has 2 amide bonds. The van der Waals surface area contributed by atoms with E-state index < -0.39 is 35.2 Å².